The van der Waals surface area contributed by atoms with Gasteiger partial charge in [-0.05, 0) is 57.2 Å². The van der Waals surface area contributed by atoms with Crippen LogP contribution in [0.5, 0.6) is 0 Å². The van der Waals surface area contributed by atoms with Gasteiger partial charge in [0.15, 0.2) is 0 Å². The summed E-state index contributed by atoms with van der Waals surface area (Å²) in [4.78, 5) is 6.16. The summed E-state index contributed by atoms with van der Waals surface area (Å²) in [6, 6.07) is 17.0. The minimum atomic E-state index is 0.923. The van der Waals surface area contributed by atoms with E-state index in [9.17, 15) is 0 Å². The summed E-state index contributed by atoms with van der Waals surface area (Å²) in [6.45, 7) is 8.30. The number of nitrogens with zero attached hydrogens (tertiary/aromatic N) is 1. The summed E-state index contributed by atoms with van der Waals surface area (Å²) < 4.78 is 0. The van der Waals surface area contributed by atoms with Gasteiger partial charge in [0.05, 0.1) is 10.7 Å². The average Bonchev–Trinajstić information content (AvgIpc) is 3.11. The molecule has 4 heteroatoms. The summed E-state index contributed by atoms with van der Waals surface area (Å²) in [5.41, 5.74) is 2.49. The van der Waals surface area contributed by atoms with Gasteiger partial charge < -0.3 is 10.2 Å². The molecule has 0 fully saturated rings. The van der Waals surface area contributed by atoms with E-state index in [1.165, 1.54) is 31.1 Å². The van der Waals surface area contributed by atoms with E-state index in [-0.39, 0.29) is 0 Å². The van der Waals surface area contributed by atoms with Gasteiger partial charge >= 0.3 is 0 Å². The van der Waals surface area contributed by atoms with Crippen LogP contribution in [0.25, 0.3) is 0 Å². The Hall–Kier alpha value is -2.30. The van der Waals surface area contributed by atoms with Crippen molar-refractivity contribution in [1.82, 2.24) is 0 Å². The third kappa shape index (κ3) is 5.62. The lowest BCUT2D eigenvalue weighted by atomic mass is 10.3. The van der Waals surface area contributed by atoms with Crippen molar-refractivity contribution in [2.24, 2.45) is 0 Å². The van der Waals surface area contributed by atoms with Gasteiger partial charge in [0.25, 0.3) is 0 Å². The van der Waals surface area contributed by atoms with Crippen molar-refractivity contribution in [3.8, 4) is 0 Å². The van der Waals surface area contributed by atoms with Crippen molar-refractivity contribution in [3.05, 3.63) is 94.9 Å². The number of hydrogen-bond donors (Lipinski definition) is 1. The molecule has 2 aromatic rings. The molecule has 1 aliphatic rings. The maximum absolute atomic E-state index is 3.43. The van der Waals surface area contributed by atoms with E-state index in [1.54, 1.807) is 11.8 Å². The molecule has 0 aromatic heterocycles. The van der Waals surface area contributed by atoms with Crippen LogP contribution in [-0.2, 0) is 0 Å². The third-order valence-electron chi connectivity index (χ3n) is 4.44. The predicted octanol–water partition coefficient (Wildman–Crippen LogP) is 7.70. The first-order chi connectivity index (χ1) is 14.3. The monoisotopic (exact) mass is 420 g/mol. The molecule has 150 valence electrons. The highest BCUT2D eigenvalue weighted by molar-refractivity contribution is 8.03. The van der Waals surface area contributed by atoms with E-state index in [4.69, 9.17) is 0 Å². The Morgan fingerprint density at radius 1 is 1.03 bits per heavy atom. The van der Waals surface area contributed by atoms with Crippen molar-refractivity contribution in [2.75, 3.05) is 23.3 Å². The number of thioether (sulfide) groups is 2. The number of para-hydroxylation sites is 2. The first kappa shape index (κ1) is 21.4. The fraction of sp³-hybridized carbons (Fsp3) is 0.200. The fourth-order valence-corrected chi connectivity index (χ4v) is 5.12. The Morgan fingerprint density at radius 3 is 2.62 bits per heavy atom. The molecule has 2 aromatic carbocycles. The van der Waals surface area contributed by atoms with Gasteiger partial charge in [-0.25, -0.2) is 0 Å². The van der Waals surface area contributed by atoms with E-state index in [0.717, 1.165) is 13.1 Å². The first-order valence-corrected chi connectivity index (χ1v) is 11.7. The van der Waals surface area contributed by atoms with Crippen LogP contribution in [0.4, 0.5) is 11.4 Å². The quantitative estimate of drug-likeness (QED) is 0.347. The number of allylic oxidation sites excluding steroid dienone is 6. The van der Waals surface area contributed by atoms with Crippen LogP contribution in [0.1, 0.15) is 20.8 Å². The van der Waals surface area contributed by atoms with Crippen LogP contribution in [-0.4, -0.2) is 13.1 Å². The van der Waals surface area contributed by atoms with Gasteiger partial charge in [-0.3, -0.25) is 0 Å². The molecular formula is C25H28N2S2. The highest BCUT2D eigenvalue weighted by atomic mass is 32.2. The van der Waals surface area contributed by atoms with E-state index >= 15 is 0 Å². The van der Waals surface area contributed by atoms with E-state index < -0.39 is 0 Å². The molecule has 1 N–H and O–H groups in total. The molecule has 0 radical (unpaired) electrons. The zero-order valence-corrected chi connectivity index (χ0v) is 18.9. The first-order valence-electron chi connectivity index (χ1n) is 10.0. The minimum Gasteiger partial charge on any atom is -0.384 e. The topological polar surface area (TPSA) is 15.3 Å². The molecule has 0 saturated carbocycles. The van der Waals surface area contributed by atoms with Crippen LogP contribution < -0.4 is 10.2 Å². The van der Waals surface area contributed by atoms with E-state index in [2.05, 4.69) is 116 Å². The smallest absolute Gasteiger partial charge is 0.0801 e. The number of hydrogen-bond acceptors (Lipinski definition) is 4. The van der Waals surface area contributed by atoms with Crippen molar-refractivity contribution < 1.29 is 0 Å². The second-order valence-corrected chi connectivity index (χ2v) is 8.56. The Balaban J connectivity index is 1.63. The summed E-state index contributed by atoms with van der Waals surface area (Å²) in [6.07, 6.45) is 12.8. The standard InChI is InChI=1S/C25H28N2S2/c1-4-20(28-23-17-12-10-15-21(23)26-5-2)14-8-7-9-19-25-27(6-3)22-16-11-13-18-24(22)29-25/h4,7-19,26H,5-6H2,1-3H3/b9-7+,14-8+,20-4-,25-19-. The van der Waals surface area contributed by atoms with Gasteiger partial charge in [0, 0.05) is 33.5 Å². The highest BCUT2D eigenvalue weighted by Gasteiger charge is 2.22. The zero-order chi connectivity index (χ0) is 20.5. The molecule has 0 aliphatic carbocycles. The van der Waals surface area contributed by atoms with E-state index in [1.807, 2.05) is 11.8 Å². The number of fused-ring (bicyclic) bond motifs is 1. The van der Waals surface area contributed by atoms with Crippen LogP contribution >= 0.6 is 23.5 Å². The highest BCUT2D eigenvalue weighted by Crippen LogP contribution is 2.45. The molecule has 1 aliphatic heterocycles. The maximum Gasteiger partial charge on any atom is 0.0801 e. The molecule has 1 heterocycles. The molecule has 0 unspecified atom stereocenters. The van der Waals surface area contributed by atoms with Crippen molar-refractivity contribution in [3.63, 3.8) is 0 Å². The SMILES string of the molecule is C/C=C(/C=C/C=C/C=C1\Sc2ccccc2N1CC)Sc1ccccc1NCC. The Kier molecular flexibility index (Phi) is 8.14. The Labute approximate surface area is 183 Å². The number of nitrogens with one attached hydrogen (secondary N) is 1. The lowest BCUT2D eigenvalue weighted by Gasteiger charge is -2.17. The van der Waals surface area contributed by atoms with Gasteiger partial charge in [0.1, 0.15) is 0 Å². The van der Waals surface area contributed by atoms with Gasteiger partial charge in [-0.1, -0.05) is 72.1 Å². The lowest BCUT2D eigenvalue weighted by Crippen LogP contribution is -2.16. The molecule has 0 spiro atoms. The van der Waals surface area contributed by atoms with Crippen molar-refractivity contribution >= 4 is 34.9 Å². The summed E-state index contributed by atoms with van der Waals surface area (Å²) in [7, 11) is 0. The molecule has 0 amide bonds. The normalized spacial score (nSPS) is 15.6. The lowest BCUT2D eigenvalue weighted by molar-refractivity contribution is 1.00. The minimum absolute atomic E-state index is 0.923. The molecule has 2 nitrogen and oxygen atoms in total. The summed E-state index contributed by atoms with van der Waals surface area (Å²) >= 11 is 3.62. The van der Waals surface area contributed by atoms with Gasteiger partial charge in [-0.2, -0.15) is 0 Å². The number of anilines is 2. The van der Waals surface area contributed by atoms with Crippen molar-refractivity contribution in [2.45, 2.75) is 30.6 Å². The predicted molar refractivity (Wildman–Crippen MR) is 132 cm³/mol. The average molecular weight is 421 g/mol. The third-order valence-corrected chi connectivity index (χ3v) is 6.76. The molecule has 0 saturated heterocycles. The molecular weight excluding hydrogens is 392 g/mol. The fourth-order valence-electron chi connectivity index (χ4n) is 3.06. The van der Waals surface area contributed by atoms with Crippen LogP contribution in [0.3, 0.4) is 0 Å². The van der Waals surface area contributed by atoms with Gasteiger partial charge in [-0.15, -0.1) is 0 Å². The number of rotatable bonds is 8. The summed E-state index contributed by atoms with van der Waals surface area (Å²) in [5, 5.41) is 4.71. The maximum atomic E-state index is 3.43. The van der Waals surface area contributed by atoms with E-state index in [0.29, 0.717) is 0 Å². The molecule has 0 bridgehead atoms. The Bertz CT molecular complexity index is 941. The molecule has 29 heavy (non-hydrogen) atoms. The summed E-state index contributed by atoms with van der Waals surface area (Å²) in [5.74, 6) is 0. The van der Waals surface area contributed by atoms with Gasteiger partial charge in [0.2, 0.25) is 0 Å². The largest absolute Gasteiger partial charge is 0.384 e. The van der Waals surface area contributed by atoms with Crippen LogP contribution in [0.15, 0.2) is 105 Å². The van der Waals surface area contributed by atoms with Crippen LogP contribution in [0.2, 0.25) is 0 Å². The van der Waals surface area contributed by atoms with Crippen LogP contribution in [0, 0.1) is 0 Å². The molecule has 0 atom stereocenters. The second kappa shape index (κ2) is 11.0. The molecule has 3 rings (SSSR count). The zero-order valence-electron chi connectivity index (χ0n) is 17.3. The van der Waals surface area contributed by atoms with Crippen molar-refractivity contribution in [1.29, 1.82) is 0 Å². The Morgan fingerprint density at radius 2 is 1.83 bits per heavy atom. The number of benzene rings is 2. The second-order valence-electron chi connectivity index (χ2n) is 6.38.